The van der Waals surface area contributed by atoms with Crippen molar-refractivity contribution in [3.05, 3.63) is 87.2 Å². The van der Waals surface area contributed by atoms with E-state index in [4.69, 9.17) is 48.9 Å². The fourth-order valence-corrected chi connectivity index (χ4v) is 3.37. The molecule has 1 heterocycles. The summed E-state index contributed by atoms with van der Waals surface area (Å²) in [5, 5.41) is 3.16. The van der Waals surface area contributed by atoms with E-state index < -0.39 is 0 Å². The Bertz CT molecular complexity index is 1250. The SMILES string of the molecule is CCOc1ccc2oc(-c3ccc(Cl)cc3)cc(=Nc3ccc(Cl)c(Cl)c3)c2c1. The van der Waals surface area contributed by atoms with Crippen LogP contribution >= 0.6 is 34.8 Å². The monoisotopic (exact) mass is 443 g/mol. The molecule has 146 valence electrons. The fourth-order valence-electron chi connectivity index (χ4n) is 2.95. The molecular formula is C23H16Cl3NO2. The molecule has 0 radical (unpaired) electrons. The lowest BCUT2D eigenvalue weighted by molar-refractivity contribution is 0.340. The van der Waals surface area contributed by atoms with Crippen LogP contribution in [-0.4, -0.2) is 6.61 Å². The van der Waals surface area contributed by atoms with Crippen molar-refractivity contribution in [2.75, 3.05) is 6.61 Å². The molecule has 6 heteroatoms. The Hall–Kier alpha value is -2.46. The van der Waals surface area contributed by atoms with Crippen molar-refractivity contribution in [1.82, 2.24) is 0 Å². The average molecular weight is 445 g/mol. The van der Waals surface area contributed by atoms with Gasteiger partial charge in [-0.1, -0.05) is 34.8 Å². The summed E-state index contributed by atoms with van der Waals surface area (Å²) in [5.41, 5.74) is 2.28. The standard InChI is InChI=1S/C23H16Cl3NO2/c1-2-28-17-8-10-22-18(12-17)21(27-16-7-9-19(25)20(26)11-16)13-23(29-22)14-3-5-15(24)6-4-14/h3-13H,2H2,1H3. The molecule has 0 saturated heterocycles. The summed E-state index contributed by atoms with van der Waals surface area (Å²) in [4.78, 5) is 4.79. The lowest BCUT2D eigenvalue weighted by atomic mass is 10.1. The van der Waals surface area contributed by atoms with Crippen molar-refractivity contribution in [3.8, 4) is 17.1 Å². The summed E-state index contributed by atoms with van der Waals surface area (Å²) in [7, 11) is 0. The summed E-state index contributed by atoms with van der Waals surface area (Å²) in [6.45, 7) is 2.52. The van der Waals surface area contributed by atoms with Crippen molar-refractivity contribution < 1.29 is 9.15 Å². The smallest absolute Gasteiger partial charge is 0.137 e. The lowest BCUT2D eigenvalue weighted by Crippen LogP contribution is -2.04. The number of nitrogens with zero attached hydrogens (tertiary/aromatic N) is 1. The van der Waals surface area contributed by atoms with Gasteiger partial charge in [-0.15, -0.1) is 0 Å². The van der Waals surface area contributed by atoms with Crippen LogP contribution in [0.25, 0.3) is 22.3 Å². The molecule has 29 heavy (non-hydrogen) atoms. The maximum atomic E-state index is 6.16. The third kappa shape index (κ3) is 4.43. The molecule has 4 aromatic rings. The van der Waals surface area contributed by atoms with Gasteiger partial charge in [0.05, 0.1) is 27.7 Å². The summed E-state index contributed by atoms with van der Waals surface area (Å²) in [6.07, 6.45) is 0. The molecule has 1 aromatic heterocycles. The molecule has 3 nitrogen and oxygen atoms in total. The maximum absolute atomic E-state index is 6.16. The fraction of sp³-hybridized carbons (Fsp3) is 0.0870. The zero-order chi connectivity index (χ0) is 20.4. The number of halogens is 3. The highest BCUT2D eigenvalue weighted by Crippen LogP contribution is 2.28. The number of hydrogen-bond acceptors (Lipinski definition) is 3. The Balaban J connectivity index is 1.96. The van der Waals surface area contributed by atoms with E-state index in [0.29, 0.717) is 38.7 Å². The summed E-state index contributed by atoms with van der Waals surface area (Å²) in [6, 6.07) is 20.3. The van der Waals surface area contributed by atoms with Gasteiger partial charge in [0.15, 0.2) is 0 Å². The zero-order valence-electron chi connectivity index (χ0n) is 15.5. The predicted octanol–water partition coefficient (Wildman–Crippen LogP) is 7.69. The van der Waals surface area contributed by atoms with Crippen LogP contribution in [0.15, 0.2) is 76.1 Å². The van der Waals surface area contributed by atoms with Crippen molar-refractivity contribution in [3.63, 3.8) is 0 Å². The van der Waals surface area contributed by atoms with Gasteiger partial charge in [0.25, 0.3) is 0 Å². The van der Waals surface area contributed by atoms with E-state index in [0.717, 1.165) is 22.1 Å². The Kier molecular flexibility index (Phi) is 5.81. The van der Waals surface area contributed by atoms with Gasteiger partial charge in [0.2, 0.25) is 0 Å². The van der Waals surface area contributed by atoms with Crippen molar-refractivity contribution in [2.24, 2.45) is 4.99 Å². The van der Waals surface area contributed by atoms with Gasteiger partial charge in [-0.2, -0.15) is 0 Å². The molecule has 3 aromatic carbocycles. The summed E-state index contributed by atoms with van der Waals surface area (Å²) >= 11 is 18.2. The number of ether oxygens (including phenoxy) is 1. The van der Waals surface area contributed by atoms with E-state index in [-0.39, 0.29) is 0 Å². The van der Waals surface area contributed by atoms with Crippen LogP contribution in [0, 0.1) is 0 Å². The van der Waals surface area contributed by atoms with Crippen LogP contribution in [0.1, 0.15) is 6.92 Å². The highest BCUT2D eigenvalue weighted by atomic mass is 35.5. The Morgan fingerprint density at radius 2 is 1.66 bits per heavy atom. The zero-order valence-corrected chi connectivity index (χ0v) is 17.7. The van der Waals surface area contributed by atoms with Gasteiger partial charge in [0.1, 0.15) is 17.1 Å². The van der Waals surface area contributed by atoms with Gasteiger partial charge in [-0.25, -0.2) is 4.99 Å². The Morgan fingerprint density at radius 3 is 2.38 bits per heavy atom. The first kappa shape index (κ1) is 19.8. The molecule has 0 aliphatic carbocycles. The topological polar surface area (TPSA) is 34.7 Å². The third-order valence-electron chi connectivity index (χ3n) is 4.31. The molecule has 0 N–H and O–H groups in total. The molecule has 0 bridgehead atoms. The molecule has 0 atom stereocenters. The largest absolute Gasteiger partial charge is 0.494 e. The van der Waals surface area contributed by atoms with Crippen LogP contribution in [0.3, 0.4) is 0 Å². The minimum Gasteiger partial charge on any atom is -0.494 e. The molecule has 0 amide bonds. The van der Waals surface area contributed by atoms with Gasteiger partial charge in [-0.3, -0.25) is 0 Å². The molecule has 0 spiro atoms. The third-order valence-corrected chi connectivity index (χ3v) is 5.30. The van der Waals surface area contributed by atoms with Crippen molar-refractivity contribution in [1.29, 1.82) is 0 Å². The second-order valence-electron chi connectivity index (χ2n) is 6.30. The summed E-state index contributed by atoms with van der Waals surface area (Å²) in [5.74, 6) is 1.43. The first-order chi connectivity index (χ1) is 14.0. The minimum absolute atomic E-state index is 0.450. The lowest BCUT2D eigenvalue weighted by Gasteiger charge is -2.08. The Labute approximate surface area is 183 Å². The number of benzene rings is 3. The highest BCUT2D eigenvalue weighted by molar-refractivity contribution is 6.42. The Morgan fingerprint density at radius 1 is 0.862 bits per heavy atom. The number of rotatable bonds is 4. The van der Waals surface area contributed by atoms with Crippen LogP contribution in [0.5, 0.6) is 5.75 Å². The minimum atomic E-state index is 0.450. The molecule has 0 unspecified atom stereocenters. The van der Waals surface area contributed by atoms with Gasteiger partial charge in [0, 0.05) is 22.0 Å². The maximum Gasteiger partial charge on any atom is 0.137 e. The molecular weight excluding hydrogens is 429 g/mol. The van der Waals surface area contributed by atoms with E-state index >= 15 is 0 Å². The van der Waals surface area contributed by atoms with Crippen molar-refractivity contribution >= 4 is 51.5 Å². The van der Waals surface area contributed by atoms with Gasteiger partial charge < -0.3 is 9.15 Å². The predicted molar refractivity (Wildman–Crippen MR) is 120 cm³/mol. The summed E-state index contributed by atoms with van der Waals surface area (Å²) < 4.78 is 11.8. The van der Waals surface area contributed by atoms with Crippen LogP contribution in [-0.2, 0) is 0 Å². The molecule has 0 saturated carbocycles. The first-order valence-electron chi connectivity index (χ1n) is 9.00. The van der Waals surface area contributed by atoms with Crippen LogP contribution in [0.2, 0.25) is 15.1 Å². The second-order valence-corrected chi connectivity index (χ2v) is 7.55. The van der Waals surface area contributed by atoms with Crippen LogP contribution in [0.4, 0.5) is 5.69 Å². The first-order valence-corrected chi connectivity index (χ1v) is 10.1. The van der Waals surface area contributed by atoms with Crippen molar-refractivity contribution in [2.45, 2.75) is 6.92 Å². The quantitative estimate of drug-likeness (QED) is 0.323. The molecule has 0 fully saturated rings. The van der Waals surface area contributed by atoms with E-state index in [2.05, 4.69) is 0 Å². The highest BCUT2D eigenvalue weighted by Gasteiger charge is 2.08. The average Bonchev–Trinajstić information content (AvgIpc) is 2.72. The number of hydrogen-bond donors (Lipinski definition) is 0. The van der Waals surface area contributed by atoms with E-state index in [1.165, 1.54) is 0 Å². The van der Waals surface area contributed by atoms with E-state index in [1.54, 1.807) is 12.1 Å². The van der Waals surface area contributed by atoms with E-state index in [9.17, 15) is 0 Å². The normalized spacial score (nSPS) is 11.8. The van der Waals surface area contributed by atoms with Gasteiger partial charge in [-0.05, 0) is 67.6 Å². The molecule has 4 rings (SSSR count). The molecule has 0 aliphatic heterocycles. The van der Waals surface area contributed by atoms with Crippen LogP contribution < -0.4 is 10.1 Å². The van der Waals surface area contributed by atoms with E-state index in [1.807, 2.05) is 61.5 Å². The second kappa shape index (κ2) is 8.50. The van der Waals surface area contributed by atoms with Gasteiger partial charge >= 0.3 is 0 Å². The number of fused-ring (bicyclic) bond motifs is 1. The molecule has 0 aliphatic rings.